The van der Waals surface area contributed by atoms with Gasteiger partial charge in [0.05, 0.1) is 6.54 Å². The van der Waals surface area contributed by atoms with Gasteiger partial charge in [-0.05, 0) is 30.2 Å². The van der Waals surface area contributed by atoms with E-state index in [1.165, 1.54) is 24.3 Å². The first-order valence-electron chi connectivity index (χ1n) is 8.62. The van der Waals surface area contributed by atoms with Crippen molar-refractivity contribution in [3.05, 3.63) is 58.9 Å². The first kappa shape index (κ1) is 19.6. The fraction of sp³-hybridized carbons (Fsp3) is 0.211. The van der Waals surface area contributed by atoms with Crippen LogP contribution in [0.15, 0.2) is 51.2 Å². The SMILES string of the molecule is CC(=O)NCc1ccc(-c2csc(/N=C(\N)NCCc3ccccc3F)n2)o1. The van der Waals surface area contributed by atoms with Crippen molar-refractivity contribution in [1.82, 2.24) is 15.6 Å². The number of carbonyl (C=O) groups is 1. The van der Waals surface area contributed by atoms with Gasteiger partial charge in [-0.2, -0.15) is 4.99 Å². The molecule has 2 aromatic heterocycles. The molecule has 0 bridgehead atoms. The van der Waals surface area contributed by atoms with Crippen LogP contribution in [0.1, 0.15) is 18.2 Å². The first-order valence-corrected chi connectivity index (χ1v) is 9.49. The number of furan rings is 1. The molecule has 0 unspecified atom stereocenters. The Morgan fingerprint density at radius 1 is 1.29 bits per heavy atom. The predicted octanol–water partition coefficient (Wildman–Crippen LogP) is 2.96. The third-order valence-electron chi connectivity index (χ3n) is 3.79. The summed E-state index contributed by atoms with van der Waals surface area (Å²) in [6.45, 7) is 2.23. The van der Waals surface area contributed by atoms with Crippen LogP contribution < -0.4 is 16.4 Å². The van der Waals surface area contributed by atoms with Gasteiger partial charge in [-0.1, -0.05) is 18.2 Å². The summed E-state index contributed by atoms with van der Waals surface area (Å²) in [6.07, 6.45) is 0.496. The fourth-order valence-electron chi connectivity index (χ4n) is 2.42. The number of rotatable bonds is 7. The van der Waals surface area contributed by atoms with E-state index in [-0.39, 0.29) is 17.7 Å². The Hall–Kier alpha value is -3.20. The molecule has 3 rings (SSSR count). The molecule has 0 radical (unpaired) electrons. The van der Waals surface area contributed by atoms with Crippen molar-refractivity contribution < 1.29 is 13.6 Å². The Bertz CT molecular complexity index is 982. The number of nitrogens with zero attached hydrogens (tertiary/aromatic N) is 2. The standard InChI is InChI=1S/C19H20FN5O2S/c1-12(26)23-10-14-6-7-17(27-14)16-11-28-19(24-16)25-18(21)22-9-8-13-4-2-3-5-15(13)20/h2-7,11H,8-10H2,1H3,(H,23,26)(H3,21,22,24,25). The molecule has 28 heavy (non-hydrogen) atoms. The van der Waals surface area contributed by atoms with Gasteiger partial charge in [-0.3, -0.25) is 4.79 Å². The van der Waals surface area contributed by atoms with E-state index in [2.05, 4.69) is 20.6 Å². The maximum absolute atomic E-state index is 13.6. The minimum absolute atomic E-state index is 0.124. The smallest absolute Gasteiger partial charge is 0.217 e. The summed E-state index contributed by atoms with van der Waals surface area (Å²) in [7, 11) is 0. The molecule has 0 aliphatic heterocycles. The zero-order chi connectivity index (χ0) is 19.9. The van der Waals surface area contributed by atoms with Crippen LogP contribution in [0, 0.1) is 5.82 Å². The molecule has 0 saturated carbocycles. The van der Waals surface area contributed by atoms with Gasteiger partial charge in [0.15, 0.2) is 11.7 Å². The van der Waals surface area contributed by atoms with E-state index in [1.807, 2.05) is 5.38 Å². The Morgan fingerprint density at radius 2 is 2.11 bits per heavy atom. The first-order chi connectivity index (χ1) is 13.5. The highest BCUT2D eigenvalue weighted by Crippen LogP contribution is 2.28. The quantitative estimate of drug-likeness (QED) is 0.417. The molecule has 9 heteroatoms. The van der Waals surface area contributed by atoms with Gasteiger partial charge in [-0.15, -0.1) is 11.3 Å². The van der Waals surface area contributed by atoms with E-state index < -0.39 is 0 Å². The van der Waals surface area contributed by atoms with Crippen LogP contribution in [0.2, 0.25) is 0 Å². The van der Waals surface area contributed by atoms with Crippen molar-refractivity contribution in [2.45, 2.75) is 19.9 Å². The number of hydrogen-bond acceptors (Lipinski definition) is 5. The number of aliphatic imine (C=N–C) groups is 1. The third-order valence-corrected chi connectivity index (χ3v) is 4.53. The van der Waals surface area contributed by atoms with Crippen LogP contribution in [0.5, 0.6) is 0 Å². The van der Waals surface area contributed by atoms with Crippen molar-refractivity contribution >= 4 is 28.3 Å². The number of hydrogen-bond donors (Lipinski definition) is 3. The number of benzene rings is 1. The van der Waals surface area contributed by atoms with Crippen LogP contribution in [-0.2, 0) is 17.8 Å². The molecule has 1 aromatic carbocycles. The Kier molecular flexibility index (Phi) is 6.38. The van der Waals surface area contributed by atoms with Gasteiger partial charge in [0.1, 0.15) is 17.3 Å². The van der Waals surface area contributed by atoms with Gasteiger partial charge in [0.2, 0.25) is 11.0 Å². The predicted molar refractivity (Wildman–Crippen MR) is 107 cm³/mol. The molecule has 4 N–H and O–H groups in total. The molecule has 1 amide bonds. The number of halogens is 1. The summed E-state index contributed by atoms with van der Waals surface area (Å²) in [5.74, 6) is 1.08. The topological polar surface area (TPSA) is 106 Å². The summed E-state index contributed by atoms with van der Waals surface area (Å²) in [6, 6.07) is 10.2. The number of carbonyl (C=O) groups excluding carboxylic acids is 1. The zero-order valence-electron chi connectivity index (χ0n) is 15.2. The van der Waals surface area contributed by atoms with E-state index in [4.69, 9.17) is 10.2 Å². The van der Waals surface area contributed by atoms with Gasteiger partial charge >= 0.3 is 0 Å². The number of amides is 1. The molecule has 0 aliphatic carbocycles. The van der Waals surface area contributed by atoms with Crippen molar-refractivity contribution in [1.29, 1.82) is 0 Å². The normalized spacial score (nSPS) is 11.4. The van der Waals surface area contributed by atoms with Crippen LogP contribution in [0.3, 0.4) is 0 Å². The molecule has 0 fully saturated rings. The summed E-state index contributed by atoms with van der Waals surface area (Å²) in [5.41, 5.74) is 7.13. The molecule has 0 aliphatic rings. The molecule has 3 aromatic rings. The highest BCUT2D eigenvalue weighted by atomic mass is 32.1. The number of nitrogens with one attached hydrogen (secondary N) is 2. The van der Waals surface area contributed by atoms with Gasteiger partial charge < -0.3 is 20.8 Å². The lowest BCUT2D eigenvalue weighted by Gasteiger charge is -2.05. The average molecular weight is 401 g/mol. The summed E-state index contributed by atoms with van der Waals surface area (Å²) in [5, 5.41) is 7.91. The largest absolute Gasteiger partial charge is 0.458 e. The average Bonchev–Trinajstić information content (AvgIpc) is 3.31. The lowest BCUT2D eigenvalue weighted by atomic mass is 10.1. The maximum atomic E-state index is 13.6. The lowest BCUT2D eigenvalue weighted by Crippen LogP contribution is -2.32. The highest BCUT2D eigenvalue weighted by Gasteiger charge is 2.10. The van der Waals surface area contributed by atoms with Gasteiger partial charge in [0.25, 0.3) is 0 Å². The number of guanidine groups is 1. The molecular formula is C19H20FN5O2S. The van der Waals surface area contributed by atoms with Crippen LogP contribution in [0.25, 0.3) is 11.5 Å². The van der Waals surface area contributed by atoms with E-state index in [9.17, 15) is 9.18 Å². The summed E-state index contributed by atoms with van der Waals surface area (Å²) >= 11 is 1.32. The van der Waals surface area contributed by atoms with Gasteiger partial charge in [0, 0.05) is 18.8 Å². The van der Waals surface area contributed by atoms with Crippen molar-refractivity contribution in [2.75, 3.05) is 6.54 Å². The number of nitrogens with two attached hydrogens (primary N) is 1. The molecule has 0 atom stereocenters. The zero-order valence-corrected chi connectivity index (χ0v) is 16.1. The molecule has 0 spiro atoms. The van der Waals surface area contributed by atoms with Crippen molar-refractivity contribution in [2.24, 2.45) is 10.7 Å². The highest BCUT2D eigenvalue weighted by molar-refractivity contribution is 7.13. The van der Waals surface area contributed by atoms with E-state index in [1.54, 1.807) is 30.3 Å². The lowest BCUT2D eigenvalue weighted by molar-refractivity contribution is -0.119. The molecule has 2 heterocycles. The second-order valence-electron chi connectivity index (χ2n) is 5.96. The number of aromatic nitrogens is 1. The van der Waals surface area contributed by atoms with Crippen molar-refractivity contribution in [3.63, 3.8) is 0 Å². The fourth-order valence-corrected chi connectivity index (χ4v) is 3.11. The second-order valence-corrected chi connectivity index (χ2v) is 6.79. The Labute approximate surface area is 165 Å². The van der Waals surface area contributed by atoms with Crippen LogP contribution >= 0.6 is 11.3 Å². The molecular weight excluding hydrogens is 381 g/mol. The third kappa shape index (κ3) is 5.40. The van der Waals surface area contributed by atoms with Gasteiger partial charge in [-0.25, -0.2) is 9.37 Å². The number of thiazole rings is 1. The second kappa shape index (κ2) is 9.14. The Balaban J connectivity index is 1.56. The minimum atomic E-state index is -0.235. The maximum Gasteiger partial charge on any atom is 0.217 e. The summed E-state index contributed by atoms with van der Waals surface area (Å²) < 4.78 is 19.2. The monoisotopic (exact) mass is 401 g/mol. The van der Waals surface area contributed by atoms with E-state index in [0.717, 1.165) is 0 Å². The molecule has 7 nitrogen and oxygen atoms in total. The molecule has 0 saturated heterocycles. The van der Waals surface area contributed by atoms with E-state index in [0.29, 0.717) is 47.4 Å². The van der Waals surface area contributed by atoms with Crippen LogP contribution in [-0.4, -0.2) is 23.4 Å². The van der Waals surface area contributed by atoms with Crippen LogP contribution in [0.4, 0.5) is 9.52 Å². The van der Waals surface area contributed by atoms with E-state index >= 15 is 0 Å². The van der Waals surface area contributed by atoms with Crippen molar-refractivity contribution in [3.8, 4) is 11.5 Å². The summed E-state index contributed by atoms with van der Waals surface area (Å²) in [4.78, 5) is 19.6. The Morgan fingerprint density at radius 3 is 2.89 bits per heavy atom. The molecule has 146 valence electrons. The minimum Gasteiger partial charge on any atom is -0.458 e.